The minimum Gasteiger partial charge on any atom is -0.394 e. The zero-order chi connectivity index (χ0) is 14.6. The molecule has 0 bridgehead atoms. The number of rotatable bonds is 5. The van der Waals surface area contributed by atoms with E-state index in [9.17, 15) is 13.5 Å². The van der Waals surface area contributed by atoms with Crippen molar-refractivity contribution in [3.8, 4) is 0 Å². The number of aliphatic hydroxyl groups is 1. The van der Waals surface area contributed by atoms with Crippen LogP contribution in [0.1, 0.15) is 32.1 Å². The second kappa shape index (κ2) is 6.11. The molecule has 5 nitrogen and oxygen atoms in total. The summed E-state index contributed by atoms with van der Waals surface area (Å²) in [6.45, 7) is 0.101. The summed E-state index contributed by atoms with van der Waals surface area (Å²) in [5.41, 5.74) is 0.581. The smallest absolute Gasteiger partial charge is 0.240 e. The fourth-order valence-electron chi connectivity index (χ4n) is 2.69. The van der Waals surface area contributed by atoms with E-state index in [1.807, 2.05) is 0 Å². The molecule has 20 heavy (non-hydrogen) atoms. The molecule has 1 aromatic rings. The molecule has 0 atom stereocenters. The largest absolute Gasteiger partial charge is 0.394 e. The summed E-state index contributed by atoms with van der Waals surface area (Å²) in [6, 6.07) is 6.64. The molecule has 0 aromatic heterocycles. The fraction of sp³-hybridized carbons (Fsp3) is 0.571. The van der Waals surface area contributed by atoms with Crippen molar-refractivity contribution in [3.63, 3.8) is 0 Å². The van der Waals surface area contributed by atoms with Crippen molar-refractivity contribution in [1.82, 2.24) is 4.72 Å². The zero-order valence-corrected chi connectivity index (χ0v) is 12.5. The van der Waals surface area contributed by atoms with Crippen LogP contribution >= 0.6 is 0 Å². The van der Waals surface area contributed by atoms with Crippen LogP contribution in [0.5, 0.6) is 0 Å². The van der Waals surface area contributed by atoms with E-state index >= 15 is 0 Å². The Morgan fingerprint density at radius 1 is 1.15 bits per heavy atom. The van der Waals surface area contributed by atoms with Gasteiger partial charge in [-0.2, -0.15) is 0 Å². The molecule has 0 saturated heterocycles. The number of hydrogen-bond acceptors (Lipinski definition) is 4. The standard InChI is InChI=1S/C14H22N2O3S/c1-15-20(18,19)13-7-5-12(6-8-13)16-14(11-17)9-3-2-4-10-14/h5-8,15-17H,2-4,9-11H2,1H3. The number of benzene rings is 1. The Balaban J connectivity index is 2.14. The molecule has 1 aromatic carbocycles. The Bertz CT molecular complexity index is 534. The van der Waals surface area contributed by atoms with Gasteiger partial charge in [0.1, 0.15) is 0 Å². The van der Waals surface area contributed by atoms with Crippen molar-refractivity contribution in [2.24, 2.45) is 0 Å². The van der Waals surface area contributed by atoms with E-state index in [4.69, 9.17) is 0 Å². The molecule has 0 unspecified atom stereocenters. The van der Waals surface area contributed by atoms with Crippen molar-refractivity contribution in [1.29, 1.82) is 0 Å². The van der Waals surface area contributed by atoms with E-state index in [1.54, 1.807) is 24.3 Å². The monoisotopic (exact) mass is 298 g/mol. The van der Waals surface area contributed by atoms with E-state index in [0.717, 1.165) is 31.4 Å². The number of hydrogen-bond donors (Lipinski definition) is 3. The molecule has 1 aliphatic carbocycles. The van der Waals surface area contributed by atoms with Gasteiger partial charge in [-0.25, -0.2) is 13.1 Å². The quantitative estimate of drug-likeness (QED) is 0.773. The molecule has 0 aliphatic heterocycles. The first-order chi connectivity index (χ1) is 9.51. The van der Waals surface area contributed by atoms with Crippen LogP contribution in [0.2, 0.25) is 0 Å². The van der Waals surface area contributed by atoms with E-state index in [0.29, 0.717) is 0 Å². The summed E-state index contributed by atoms with van der Waals surface area (Å²) in [6.07, 6.45) is 5.32. The summed E-state index contributed by atoms with van der Waals surface area (Å²) in [5.74, 6) is 0. The van der Waals surface area contributed by atoms with Crippen LogP contribution in [0.25, 0.3) is 0 Å². The van der Waals surface area contributed by atoms with Crippen LogP contribution < -0.4 is 10.0 Å². The number of sulfonamides is 1. The summed E-state index contributed by atoms with van der Waals surface area (Å²) < 4.78 is 25.6. The Hall–Kier alpha value is -1.11. The highest BCUT2D eigenvalue weighted by atomic mass is 32.2. The van der Waals surface area contributed by atoms with E-state index < -0.39 is 10.0 Å². The molecule has 0 spiro atoms. The lowest BCUT2D eigenvalue weighted by Gasteiger charge is -2.37. The van der Waals surface area contributed by atoms with E-state index in [1.165, 1.54) is 13.5 Å². The molecule has 1 saturated carbocycles. The number of nitrogens with one attached hydrogen (secondary N) is 2. The van der Waals surface area contributed by atoms with Crippen LogP contribution in [0, 0.1) is 0 Å². The van der Waals surface area contributed by atoms with Crippen molar-refractivity contribution < 1.29 is 13.5 Å². The van der Waals surface area contributed by atoms with Gasteiger partial charge in [0.15, 0.2) is 0 Å². The summed E-state index contributed by atoms with van der Waals surface area (Å²) in [4.78, 5) is 0.243. The van der Waals surface area contributed by atoms with Gasteiger partial charge in [0.05, 0.1) is 17.0 Å². The molecule has 0 heterocycles. The highest BCUT2D eigenvalue weighted by Gasteiger charge is 2.31. The third-order valence-corrected chi connectivity index (χ3v) is 5.39. The van der Waals surface area contributed by atoms with Gasteiger partial charge >= 0.3 is 0 Å². The predicted molar refractivity (Wildman–Crippen MR) is 79.2 cm³/mol. The highest BCUT2D eigenvalue weighted by Crippen LogP contribution is 2.31. The highest BCUT2D eigenvalue weighted by molar-refractivity contribution is 7.89. The molecule has 0 radical (unpaired) electrons. The van der Waals surface area contributed by atoms with Crippen molar-refractivity contribution in [2.45, 2.75) is 42.5 Å². The molecule has 0 amide bonds. The minimum atomic E-state index is -3.40. The average molecular weight is 298 g/mol. The molecular formula is C14H22N2O3S. The lowest BCUT2D eigenvalue weighted by Crippen LogP contribution is -2.43. The van der Waals surface area contributed by atoms with E-state index in [2.05, 4.69) is 10.0 Å². The third-order valence-electron chi connectivity index (χ3n) is 3.96. The lowest BCUT2D eigenvalue weighted by molar-refractivity contribution is 0.173. The Morgan fingerprint density at radius 2 is 1.75 bits per heavy atom. The second-order valence-electron chi connectivity index (χ2n) is 5.36. The van der Waals surface area contributed by atoms with Crippen LogP contribution in [0.15, 0.2) is 29.2 Å². The van der Waals surface area contributed by atoms with Crippen LogP contribution in [0.3, 0.4) is 0 Å². The Morgan fingerprint density at radius 3 is 2.25 bits per heavy atom. The molecule has 2 rings (SSSR count). The molecule has 1 fully saturated rings. The Labute approximate surface area is 120 Å². The van der Waals surface area contributed by atoms with Gasteiger partial charge in [-0.3, -0.25) is 0 Å². The normalized spacial score (nSPS) is 18.7. The van der Waals surface area contributed by atoms with Gasteiger partial charge in [-0.1, -0.05) is 19.3 Å². The van der Waals surface area contributed by atoms with Crippen LogP contribution in [0.4, 0.5) is 5.69 Å². The first kappa shape index (κ1) is 15.3. The van der Waals surface area contributed by atoms with Gasteiger partial charge in [-0.15, -0.1) is 0 Å². The van der Waals surface area contributed by atoms with Gasteiger partial charge in [0.25, 0.3) is 0 Å². The average Bonchev–Trinajstić information content (AvgIpc) is 2.49. The first-order valence-electron chi connectivity index (χ1n) is 6.94. The molecule has 1 aliphatic rings. The van der Waals surface area contributed by atoms with E-state index in [-0.39, 0.29) is 17.0 Å². The maximum absolute atomic E-state index is 11.6. The van der Waals surface area contributed by atoms with Gasteiger partial charge in [0.2, 0.25) is 10.0 Å². The Kier molecular flexibility index (Phi) is 4.67. The fourth-order valence-corrected chi connectivity index (χ4v) is 3.42. The van der Waals surface area contributed by atoms with Crippen molar-refractivity contribution in [2.75, 3.05) is 19.0 Å². The number of aliphatic hydroxyl groups excluding tert-OH is 1. The van der Waals surface area contributed by atoms with Crippen molar-refractivity contribution in [3.05, 3.63) is 24.3 Å². The molecule has 3 N–H and O–H groups in total. The van der Waals surface area contributed by atoms with Gasteiger partial charge < -0.3 is 10.4 Å². The van der Waals surface area contributed by atoms with Gasteiger partial charge in [0, 0.05) is 5.69 Å². The summed E-state index contributed by atoms with van der Waals surface area (Å²) >= 11 is 0. The van der Waals surface area contributed by atoms with Crippen molar-refractivity contribution >= 4 is 15.7 Å². The third kappa shape index (κ3) is 3.31. The summed E-state index contributed by atoms with van der Waals surface area (Å²) in [7, 11) is -2.00. The maximum Gasteiger partial charge on any atom is 0.240 e. The van der Waals surface area contributed by atoms with Gasteiger partial charge in [-0.05, 0) is 44.2 Å². The van der Waals surface area contributed by atoms with Crippen LogP contribution in [-0.2, 0) is 10.0 Å². The predicted octanol–water partition coefficient (Wildman–Crippen LogP) is 1.70. The second-order valence-corrected chi connectivity index (χ2v) is 7.24. The zero-order valence-electron chi connectivity index (χ0n) is 11.7. The SMILES string of the molecule is CNS(=O)(=O)c1ccc(NC2(CO)CCCCC2)cc1. The minimum absolute atomic E-state index is 0.101. The maximum atomic E-state index is 11.6. The lowest BCUT2D eigenvalue weighted by atomic mass is 9.82. The molecule has 6 heteroatoms. The molecular weight excluding hydrogens is 276 g/mol. The molecule has 112 valence electrons. The first-order valence-corrected chi connectivity index (χ1v) is 8.42. The number of anilines is 1. The summed E-state index contributed by atoms with van der Waals surface area (Å²) in [5, 5.41) is 13.0. The van der Waals surface area contributed by atoms with Crippen LogP contribution in [-0.4, -0.2) is 32.7 Å². The topological polar surface area (TPSA) is 78.4 Å².